The van der Waals surface area contributed by atoms with Crippen LogP contribution in [0.25, 0.3) is 86.3 Å². The molecule has 0 radical (unpaired) electrons. The van der Waals surface area contributed by atoms with E-state index < -0.39 is 0 Å². The van der Waals surface area contributed by atoms with Gasteiger partial charge in [0.2, 0.25) is 0 Å². The molecule has 11 rings (SSSR count). The number of hydrogen-bond donors (Lipinski definition) is 0. The van der Waals surface area contributed by atoms with E-state index in [4.69, 9.17) is 4.42 Å². The van der Waals surface area contributed by atoms with E-state index in [1.165, 1.54) is 47.6 Å². The monoisotopic (exact) mass is 719 g/mol. The maximum Gasteiger partial charge on any atom is 0.143 e. The maximum absolute atomic E-state index is 6.61. The molecule has 2 heterocycles. The van der Waals surface area contributed by atoms with E-state index in [1.807, 2.05) is 17.4 Å². The van der Waals surface area contributed by atoms with Crippen molar-refractivity contribution >= 4 is 81.3 Å². The smallest absolute Gasteiger partial charge is 0.143 e. The fourth-order valence-corrected chi connectivity index (χ4v) is 9.39. The first kappa shape index (κ1) is 31.6. The van der Waals surface area contributed by atoms with Gasteiger partial charge in [-0.3, -0.25) is 0 Å². The second-order valence-corrected chi connectivity index (χ2v) is 15.2. The van der Waals surface area contributed by atoms with Crippen LogP contribution in [0.1, 0.15) is 0 Å². The molecule has 0 aliphatic carbocycles. The summed E-state index contributed by atoms with van der Waals surface area (Å²) in [5.41, 5.74) is 11.9. The van der Waals surface area contributed by atoms with Crippen molar-refractivity contribution < 1.29 is 4.42 Å². The van der Waals surface area contributed by atoms with Crippen LogP contribution in [-0.2, 0) is 0 Å². The summed E-state index contributed by atoms with van der Waals surface area (Å²) in [4.78, 5) is 2.42. The third kappa shape index (κ3) is 5.32. The van der Waals surface area contributed by atoms with Crippen molar-refractivity contribution in [2.24, 2.45) is 0 Å². The van der Waals surface area contributed by atoms with Crippen molar-refractivity contribution in [3.8, 4) is 33.4 Å². The Morgan fingerprint density at radius 1 is 0.364 bits per heavy atom. The lowest BCUT2D eigenvalue weighted by molar-refractivity contribution is 0.670. The van der Waals surface area contributed by atoms with E-state index >= 15 is 0 Å². The first-order valence-electron chi connectivity index (χ1n) is 18.7. The van der Waals surface area contributed by atoms with Crippen LogP contribution in [0.3, 0.4) is 0 Å². The van der Waals surface area contributed by atoms with E-state index in [0.29, 0.717) is 0 Å². The first-order valence-corrected chi connectivity index (χ1v) is 19.5. The topological polar surface area (TPSA) is 16.4 Å². The summed E-state index contributed by atoms with van der Waals surface area (Å²) in [6.07, 6.45) is 0. The molecule has 0 saturated heterocycles. The zero-order valence-corrected chi connectivity index (χ0v) is 30.6. The normalized spacial score (nSPS) is 11.6. The number of hydrogen-bond acceptors (Lipinski definition) is 3. The highest BCUT2D eigenvalue weighted by Gasteiger charge is 2.22. The molecule has 9 aromatic carbocycles. The molecule has 0 saturated carbocycles. The van der Waals surface area contributed by atoms with Crippen LogP contribution < -0.4 is 4.90 Å². The Labute approximate surface area is 322 Å². The minimum absolute atomic E-state index is 0.894. The summed E-state index contributed by atoms with van der Waals surface area (Å²) in [7, 11) is 0. The molecule has 0 aliphatic heterocycles. The third-order valence-electron chi connectivity index (χ3n) is 10.9. The zero-order chi connectivity index (χ0) is 36.3. The van der Waals surface area contributed by atoms with Gasteiger partial charge in [0, 0.05) is 53.3 Å². The van der Waals surface area contributed by atoms with Crippen molar-refractivity contribution in [3.63, 3.8) is 0 Å². The molecule has 0 fully saturated rings. The molecule has 0 unspecified atom stereocenters. The van der Waals surface area contributed by atoms with Gasteiger partial charge in [0.15, 0.2) is 0 Å². The fourth-order valence-electron chi connectivity index (χ4n) is 8.24. The Morgan fingerprint density at radius 2 is 0.982 bits per heavy atom. The Bertz CT molecular complexity index is 3220. The van der Waals surface area contributed by atoms with Gasteiger partial charge in [0.1, 0.15) is 11.2 Å². The van der Waals surface area contributed by atoms with Gasteiger partial charge in [-0.25, -0.2) is 0 Å². The molecule has 11 aromatic rings. The number of rotatable bonds is 6. The summed E-state index contributed by atoms with van der Waals surface area (Å²) in [5.74, 6) is 0. The fraction of sp³-hybridized carbons (Fsp3) is 0. The van der Waals surface area contributed by atoms with Crippen LogP contribution in [0, 0.1) is 0 Å². The summed E-state index contributed by atoms with van der Waals surface area (Å²) in [5, 5.41) is 7.33. The molecule has 0 atom stereocenters. The third-order valence-corrected chi connectivity index (χ3v) is 12.0. The zero-order valence-electron chi connectivity index (χ0n) is 29.8. The molecule has 0 aliphatic rings. The molecule has 2 nitrogen and oxygen atoms in total. The highest BCUT2D eigenvalue weighted by atomic mass is 32.1. The molecule has 258 valence electrons. The molecule has 55 heavy (non-hydrogen) atoms. The summed E-state index contributed by atoms with van der Waals surface area (Å²) >= 11 is 1.86. The highest BCUT2D eigenvalue weighted by molar-refractivity contribution is 7.25. The van der Waals surface area contributed by atoms with Crippen LogP contribution in [0.15, 0.2) is 205 Å². The minimum atomic E-state index is 0.894. The van der Waals surface area contributed by atoms with Gasteiger partial charge in [-0.15, -0.1) is 11.3 Å². The summed E-state index contributed by atoms with van der Waals surface area (Å²) < 4.78 is 9.24. The van der Waals surface area contributed by atoms with Crippen LogP contribution in [0.5, 0.6) is 0 Å². The lowest BCUT2D eigenvalue weighted by Crippen LogP contribution is -2.12. The lowest BCUT2D eigenvalue weighted by atomic mass is 9.96. The lowest BCUT2D eigenvalue weighted by Gasteiger charge is -2.30. The van der Waals surface area contributed by atoms with E-state index in [0.717, 1.165) is 55.7 Å². The molecule has 0 N–H and O–H groups in total. The summed E-state index contributed by atoms with van der Waals surface area (Å²) in [6.45, 7) is 0. The van der Waals surface area contributed by atoms with Gasteiger partial charge in [0.05, 0.1) is 11.4 Å². The summed E-state index contributed by atoms with van der Waals surface area (Å²) in [6, 6.07) is 72.2. The van der Waals surface area contributed by atoms with E-state index in [1.54, 1.807) is 0 Å². The largest absolute Gasteiger partial charge is 0.455 e. The highest BCUT2D eigenvalue weighted by Crippen LogP contribution is 2.47. The van der Waals surface area contributed by atoms with Crippen LogP contribution in [0.2, 0.25) is 0 Å². The van der Waals surface area contributed by atoms with Gasteiger partial charge in [0.25, 0.3) is 0 Å². The van der Waals surface area contributed by atoms with E-state index in [-0.39, 0.29) is 0 Å². The quantitative estimate of drug-likeness (QED) is 0.170. The molecular weight excluding hydrogens is 687 g/mol. The Hall–Kier alpha value is -6.94. The average Bonchev–Trinajstić information content (AvgIpc) is 3.83. The van der Waals surface area contributed by atoms with Crippen LogP contribution >= 0.6 is 11.3 Å². The van der Waals surface area contributed by atoms with E-state index in [9.17, 15) is 0 Å². The number of para-hydroxylation sites is 4. The number of furan rings is 1. The average molecular weight is 720 g/mol. The number of anilines is 3. The predicted molar refractivity (Wildman–Crippen MR) is 235 cm³/mol. The minimum Gasteiger partial charge on any atom is -0.455 e. The van der Waals surface area contributed by atoms with Crippen LogP contribution in [0.4, 0.5) is 17.1 Å². The van der Waals surface area contributed by atoms with Gasteiger partial charge in [-0.2, -0.15) is 0 Å². The van der Waals surface area contributed by atoms with Crippen molar-refractivity contribution in [2.45, 2.75) is 0 Å². The van der Waals surface area contributed by atoms with Crippen molar-refractivity contribution in [3.05, 3.63) is 200 Å². The molecule has 2 aromatic heterocycles. The molecule has 0 spiro atoms. The first-order chi connectivity index (χ1) is 27.3. The standard InChI is InChI=1S/C52H33NOS/c1-2-13-36-32-38(25-24-34(36)12-1)40-14-3-7-20-47(40)53(39-29-26-35(27-30-39)37-28-31-44-43-17-6-10-23-50(43)55-51(44)33-37)48-21-8-4-15-41(48)45-18-11-19-46-42-16-5-9-22-49(42)54-52(45)46/h1-33H. The second kappa shape index (κ2) is 12.9. The molecular formula is C52H33NOS. The van der Waals surface area contributed by atoms with Gasteiger partial charge < -0.3 is 9.32 Å². The van der Waals surface area contributed by atoms with Crippen molar-refractivity contribution in [1.82, 2.24) is 0 Å². The Morgan fingerprint density at radius 3 is 1.85 bits per heavy atom. The van der Waals surface area contributed by atoms with Crippen LogP contribution in [-0.4, -0.2) is 0 Å². The second-order valence-electron chi connectivity index (χ2n) is 14.1. The number of nitrogens with zero attached hydrogens (tertiary/aromatic N) is 1. The van der Waals surface area contributed by atoms with E-state index in [2.05, 4.69) is 199 Å². The molecule has 0 amide bonds. The predicted octanol–water partition coefficient (Wildman–Crippen LogP) is 15.6. The number of fused-ring (bicyclic) bond motifs is 7. The van der Waals surface area contributed by atoms with Crippen molar-refractivity contribution in [1.29, 1.82) is 0 Å². The number of thiophene rings is 1. The van der Waals surface area contributed by atoms with Gasteiger partial charge in [-0.05, 0) is 76.0 Å². The van der Waals surface area contributed by atoms with Gasteiger partial charge in [-0.1, -0.05) is 152 Å². The molecule has 3 heteroatoms. The molecule has 0 bridgehead atoms. The van der Waals surface area contributed by atoms with Crippen molar-refractivity contribution in [2.75, 3.05) is 4.90 Å². The SMILES string of the molecule is c1ccc(N(c2ccc(-c3ccc4c(c3)sc3ccccc34)cc2)c2ccccc2-c2cccc3c2oc2ccccc23)c(-c2ccc3ccccc3c2)c1. The Kier molecular flexibility index (Phi) is 7.39. The number of benzene rings is 9. The maximum atomic E-state index is 6.61. The van der Waals surface area contributed by atoms with Gasteiger partial charge >= 0.3 is 0 Å². The Balaban J connectivity index is 1.10.